The average Bonchev–Trinajstić information content (AvgIpc) is 2.56. The summed E-state index contributed by atoms with van der Waals surface area (Å²) in [6.07, 6.45) is 21.3. The highest BCUT2D eigenvalue weighted by Gasteiger charge is 2.00. The van der Waals surface area contributed by atoms with Crippen LogP contribution in [0.1, 0.15) is 96.8 Å². The monoisotopic (exact) mass is 324 g/mol. The first-order valence-electron chi connectivity index (χ1n) is 10.1. The lowest BCUT2D eigenvalue weighted by molar-refractivity contribution is 0.163. The molecule has 0 aromatic heterocycles. The van der Waals surface area contributed by atoms with E-state index in [-0.39, 0.29) is 6.10 Å². The van der Waals surface area contributed by atoms with E-state index in [1.165, 1.54) is 70.6 Å². The smallest absolute Gasteiger partial charge is 0.0574 e. The van der Waals surface area contributed by atoms with Gasteiger partial charge in [-0.05, 0) is 51.6 Å². The van der Waals surface area contributed by atoms with Crippen LogP contribution in [0.25, 0.3) is 0 Å². The third kappa shape index (κ3) is 19.6. The van der Waals surface area contributed by atoms with Crippen LogP contribution in [0, 0.1) is 6.92 Å². The lowest BCUT2D eigenvalue weighted by atomic mass is 10.1. The van der Waals surface area contributed by atoms with E-state index in [4.69, 9.17) is 0 Å². The van der Waals surface area contributed by atoms with E-state index >= 15 is 0 Å². The first kappa shape index (κ1) is 22.7. The van der Waals surface area contributed by atoms with Crippen molar-refractivity contribution in [2.24, 2.45) is 0 Å². The minimum Gasteiger partial charge on any atom is -0.393 e. The molecule has 0 heterocycles. The van der Waals surface area contributed by atoms with Crippen LogP contribution in [0.2, 0.25) is 0 Å². The average molecular weight is 325 g/mol. The van der Waals surface area contributed by atoms with Gasteiger partial charge in [0.25, 0.3) is 0 Å². The molecular weight excluding hydrogens is 282 g/mol. The molecule has 0 aromatic rings. The molecule has 2 N–H and O–H groups in total. The van der Waals surface area contributed by atoms with E-state index in [9.17, 15) is 5.11 Å². The van der Waals surface area contributed by atoms with Gasteiger partial charge in [-0.15, -0.1) is 0 Å². The highest BCUT2D eigenvalue weighted by Crippen LogP contribution is 2.10. The van der Waals surface area contributed by atoms with Crippen LogP contribution >= 0.6 is 0 Å². The maximum absolute atomic E-state index is 9.87. The third-order valence-corrected chi connectivity index (χ3v) is 4.29. The topological polar surface area (TPSA) is 32.3 Å². The zero-order chi connectivity index (χ0) is 17.0. The van der Waals surface area contributed by atoms with Crippen molar-refractivity contribution in [2.75, 3.05) is 13.1 Å². The van der Waals surface area contributed by atoms with Crippen LogP contribution in [0.15, 0.2) is 12.2 Å². The zero-order valence-electron chi connectivity index (χ0n) is 15.7. The second-order valence-corrected chi connectivity index (χ2v) is 6.72. The van der Waals surface area contributed by atoms with Crippen molar-refractivity contribution in [2.45, 2.75) is 103 Å². The number of aliphatic hydroxyl groups excluding tert-OH is 1. The molecule has 0 rings (SSSR count). The van der Waals surface area contributed by atoms with Crippen molar-refractivity contribution in [3.05, 3.63) is 19.1 Å². The summed E-state index contributed by atoms with van der Waals surface area (Å²) in [5, 5.41) is 13.3. The molecule has 2 heteroatoms. The molecular formula is C21H42NO. The van der Waals surface area contributed by atoms with Gasteiger partial charge in [0.05, 0.1) is 6.10 Å². The summed E-state index contributed by atoms with van der Waals surface area (Å²) in [5.74, 6) is 0. The summed E-state index contributed by atoms with van der Waals surface area (Å²) in [4.78, 5) is 0. The van der Waals surface area contributed by atoms with E-state index < -0.39 is 0 Å². The molecule has 23 heavy (non-hydrogen) atoms. The number of hydrogen-bond acceptors (Lipinski definition) is 2. The Morgan fingerprint density at radius 2 is 1.57 bits per heavy atom. The van der Waals surface area contributed by atoms with E-state index in [2.05, 4.69) is 31.3 Å². The summed E-state index contributed by atoms with van der Waals surface area (Å²) >= 11 is 0. The maximum atomic E-state index is 9.87. The fraction of sp³-hybridized carbons (Fsp3) is 0.857. The fourth-order valence-corrected chi connectivity index (χ4v) is 2.77. The van der Waals surface area contributed by atoms with Crippen molar-refractivity contribution >= 4 is 0 Å². The molecule has 0 aliphatic heterocycles. The molecule has 0 aromatic carbocycles. The molecule has 0 saturated carbocycles. The summed E-state index contributed by atoms with van der Waals surface area (Å²) < 4.78 is 0. The Labute approximate surface area is 146 Å². The number of aliphatic hydroxyl groups is 1. The quantitative estimate of drug-likeness (QED) is 0.246. The Bertz CT molecular complexity index is 240. The minimum absolute atomic E-state index is 0.125. The number of unbranched alkanes of at least 4 members (excludes halogenated alkanes) is 9. The molecule has 0 saturated heterocycles. The normalized spacial score (nSPS) is 13.0. The fourth-order valence-electron chi connectivity index (χ4n) is 2.77. The maximum Gasteiger partial charge on any atom is 0.0574 e. The van der Waals surface area contributed by atoms with Gasteiger partial charge in [-0.3, -0.25) is 0 Å². The van der Waals surface area contributed by atoms with Gasteiger partial charge >= 0.3 is 0 Å². The highest BCUT2D eigenvalue weighted by atomic mass is 16.3. The van der Waals surface area contributed by atoms with Gasteiger partial charge in [-0.2, -0.15) is 0 Å². The van der Waals surface area contributed by atoms with Crippen molar-refractivity contribution in [3.8, 4) is 0 Å². The van der Waals surface area contributed by atoms with Crippen molar-refractivity contribution in [1.82, 2.24) is 5.32 Å². The van der Waals surface area contributed by atoms with Crippen LogP contribution in [-0.4, -0.2) is 24.3 Å². The highest BCUT2D eigenvalue weighted by molar-refractivity contribution is 4.84. The molecule has 0 aliphatic rings. The number of rotatable bonds is 18. The molecule has 0 spiro atoms. The Balaban J connectivity index is 3.18. The van der Waals surface area contributed by atoms with Crippen molar-refractivity contribution in [3.63, 3.8) is 0 Å². The molecule has 1 radical (unpaired) electrons. The van der Waals surface area contributed by atoms with Crippen LogP contribution in [0.4, 0.5) is 0 Å². The predicted molar refractivity (Wildman–Crippen MR) is 104 cm³/mol. The molecule has 1 unspecified atom stereocenters. The molecule has 0 amide bonds. The standard InChI is InChI=1S/C21H42NO/c1-3-5-6-14-17-21(23)18-15-12-10-8-7-9-11-13-16-20-22-19-4-2/h12,15,21-23H,2-11,13-14,16-20H2,1H3/b15-12-. The first-order chi connectivity index (χ1) is 11.3. The molecule has 1 atom stereocenters. The Kier molecular flexibility index (Phi) is 19.4. The molecule has 0 bridgehead atoms. The van der Waals surface area contributed by atoms with Gasteiger partial charge in [0.1, 0.15) is 0 Å². The SMILES string of the molecule is [CH2]CCNCCCCCCCC/C=C\CC(O)CCCCCC. The van der Waals surface area contributed by atoms with Gasteiger partial charge in [0, 0.05) is 0 Å². The zero-order valence-corrected chi connectivity index (χ0v) is 15.7. The lowest BCUT2D eigenvalue weighted by Gasteiger charge is -2.07. The van der Waals surface area contributed by atoms with Gasteiger partial charge in [0.15, 0.2) is 0 Å². The third-order valence-electron chi connectivity index (χ3n) is 4.29. The second kappa shape index (κ2) is 19.7. The largest absolute Gasteiger partial charge is 0.393 e. The molecule has 0 aliphatic carbocycles. The summed E-state index contributed by atoms with van der Waals surface area (Å²) in [7, 11) is 0. The Morgan fingerprint density at radius 1 is 0.870 bits per heavy atom. The molecule has 137 valence electrons. The summed E-state index contributed by atoms with van der Waals surface area (Å²) in [6.45, 7) is 8.25. The molecule has 2 nitrogen and oxygen atoms in total. The lowest BCUT2D eigenvalue weighted by Crippen LogP contribution is -2.15. The Morgan fingerprint density at radius 3 is 2.30 bits per heavy atom. The van der Waals surface area contributed by atoms with Gasteiger partial charge < -0.3 is 10.4 Å². The number of hydrogen-bond donors (Lipinski definition) is 2. The van der Waals surface area contributed by atoms with Crippen LogP contribution in [0.3, 0.4) is 0 Å². The van der Waals surface area contributed by atoms with Gasteiger partial charge in [0.2, 0.25) is 0 Å². The van der Waals surface area contributed by atoms with Crippen LogP contribution in [0.5, 0.6) is 0 Å². The van der Waals surface area contributed by atoms with E-state index in [1.807, 2.05) is 0 Å². The summed E-state index contributed by atoms with van der Waals surface area (Å²) in [6, 6.07) is 0. The van der Waals surface area contributed by atoms with E-state index in [0.29, 0.717) is 0 Å². The summed E-state index contributed by atoms with van der Waals surface area (Å²) in [5.41, 5.74) is 0. The van der Waals surface area contributed by atoms with Crippen molar-refractivity contribution < 1.29 is 5.11 Å². The predicted octanol–water partition coefficient (Wildman–Crippen LogP) is 5.81. The van der Waals surface area contributed by atoms with Crippen molar-refractivity contribution in [1.29, 1.82) is 0 Å². The van der Waals surface area contributed by atoms with Crippen LogP contribution in [-0.2, 0) is 0 Å². The van der Waals surface area contributed by atoms with Gasteiger partial charge in [-0.25, -0.2) is 0 Å². The number of nitrogens with one attached hydrogen (secondary N) is 1. The van der Waals surface area contributed by atoms with E-state index in [0.717, 1.165) is 32.4 Å². The number of allylic oxidation sites excluding steroid dienone is 1. The molecule has 0 fully saturated rings. The van der Waals surface area contributed by atoms with Gasteiger partial charge in [-0.1, -0.05) is 77.4 Å². The Hall–Kier alpha value is -0.340. The first-order valence-corrected chi connectivity index (χ1v) is 10.1. The van der Waals surface area contributed by atoms with Crippen LogP contribution < -0.4 is 5.32 Å². The van der Waals surface area contributed by atoms with E-state index in [1.54, 1.807) is 0 Å². The minimum atomic E-state index is -0.125. The second-order valence-electron chi connectivity index (χ2n) is 6.72.